The number of rotatable bonds is 0. The van der Waals surface area contributed by atoms with E-state index in [0.717, 1.165) is 4.90 Å². The van der Waals surface area contributed by atoms with Gasteiger partial charge in [0.2, 0.25) is 0 Å². The lowest BCUT2D eigenvalue weighted by atomic mass is 10.1. The molecule has 1 unspecified atom stereocenters. The van der Waals surface area contributed by atoms with Crippen molar-refractivity contribution in [2.24, 2.45) is 5.73 Å². The fourth-order valence-corrected chi connectivity index (χ4v) is 1.38. The summed E-state index contributed by atoms with van der Waals surface area (Å²) in [7, 11) is 0. The lowest BCUT2D eigenvalue weighted by Gasteiger charge is -2.29. The highest BCUT2D eigenvalue weighted by atomic mass is 19.4. The molecule has 0 aromatic rings. The number of amides is 1. The van der Waals surface area contributed by atoms with Gasteiger partial charge in [-0.15, -0.1) is 0 Å². The van der Waals surface area contributed by atoms with Crippen LogP contribution in [0, 0.1) is 0 Å². The van der Waals surface area contributed by atoms with Crippen LogP contribution in [0.25, 0.3) is 0 Å². The lowest BCUT2D eigenvalue weighted by Crippen LogP contribution is -2.47. The molecule has 2 N–H and O–H groups in total. The molecule has 1 atom stereocenters. The third-order valence-corrected chi connectivity index (χ3v) is 2.13. The maximum atomic E-state index is 11.8. The second-order valence-electron chi connectivity index (χ2n) is 3.50. The molecule has 92 valence electrons. The van der Waals surface area contributed by atoms with Crippen LogP contribution < -0.4 is 5.73 Å². The molecular formula is C8H11F3N2O3. The molecule has 0 saturated carbocycles. The fourth-order valence-electron chi connectivity index (χ4n) is 1.38. The van der Waals surface area contributed by atoms with Gasteiger partial charge in [-0.3, -0.25) is 0 Å². The smallest absolute Gasteiger partial charge is 0.369 e. The highest BCUT2D eigenvalue weighted by molar-refractivity contribution is 5.87. The zero-order valence-corrected chi connectivity index (χ0v) is 8.29. The second-order valence-corrected chi connectivity index (χ2v) is 3.50. The summed E-state index contributed by atoms with van der Waals surface area (Å²) in [5.41, 5.74) is 5.52. The average Bonchev–Trinajstić information content (AvgIpc) is 2.16. The Hall–Kier alpha value is -1.31. The number of hydrogen-bond acceptors (Lipinski definition) is 4. The highest BCUT2D eigenvalue weighted by Crippen LogP contribution is 2.18. The van der Waals surface area contributed by atoms with Crippen LogP contribution in [0.4, 0.5) is 18.0 Å². The first kappa shape index (κ1) is 12.8. The molecule has 1 rings (SSSR count). The van der Waals surface area contributed by atoms with Gasteiger partial charge in [-0.2, -0.15) is 13.2 Å². The van der Waals surface area contributed by atoms with Gasteiger partial charge in [0, 0.05) is 19.1 Å². The van der Waals surface area contributed by atoms with Gasteiger partial charge in [0.1, 0.15) is 0 Å². The Kier molecular flexibility index (Phi) is 3.74. The number of carbonyl (C=O) groups is 2. The molecule has 1 aliphatic heterocycles. The van der Waals surface area contributed by atoms with Gasteiger partial charge < -0.3 is 15.4 Å². The molecule has 16 heavy (non-hydrogen) atoms. The Morgan fingerprint density at radius 2 is 2.00 bits per heavy atom. The first-order valence-corrected chi connectivity index (χ1v) is 4.64. The summed E-state index contributed by atoms with van der Waals surface area (Å²) in [4.78, 5) is 22.5. The largest absolute Gasteiger partial charge is 0.491 e. The number of likely N-dealkylation sites (tertiary alicyclic amines) is 1. The topological polar surface area (TPSA) is 72.6 Å². The van der Waals surface area contributed by atoms with Crippen LogP contribution in [0.1, 0.15) is 12.8 Å². The number of esters is 1. The van der Waals surface area contributed by atoms with Crippen molar-refractivity contribution in [3.8, 4) is 0 Å². The van der Waals surface area contributed by atoms with Crippen molar-refractivity contribution >= 4 is 12.1 Å². The number of nitrogens with two attached hydrogens (primary N) is 1. The fraction of sp³-hybridized carbons (Fsp3) is 0.750. The van der Waals surface area contributed by atoms with E-state index in [4.69, 9.17) is 5.73 Å². The summed E-state index contributed by atoms with van der Waals surface area (Å²) in [6.07, 6.45) is -5.18. The maximum absolute atomic E-state index is 11.8. The molecule has 1 aliphatic rings. The van der Waals surface area contributed by atoms with Crippen LogP contribution in [0.2, 0.25) is 0 Å². The normalized spacial score (nSPS) is 21.8. The first-order valence-electron chi connectivity index (χ1n) is 4.64. The van der Waals surface area contributed by atoms with Crippen LogP contribution in [-0.2, 0) is 9.53 Å². The van der Waals surface area contributed by atoms with Crippen molar-refractivity contribution < 1.29 is 27.5 Å². The maximum Gasteiger partial charge on any atom is 0.491 e. The monoisotopic (exact) mass is 240 g/mol. The summed E-state index contributed by atoms with van der Waals surface area (Å²) >= 11 is 0. The molecule has 1 heterocycles. The zero-order chi connectivity index (χ0) is 12.3. The van der Waals surface area contributed by atoms with Crippen molar-refractivity contribution in [3.63, 3.8) is 0 Å². The average molecular weight is 240 g/mol. The van der Waals surface area contributed by atoms with Crippen molar-refractivity contribution in [1.82, 2.24) is 4.90 Å². The summed E-state index contributed by atoms with van der Waals surface area (Å²) < 4.78 is 39.0. The van der Waals surface area contributed by atoms with Crippen LogP contribution in [0.15, 0.2) is 0 Å². The third kappa shape index (κ3) is 3.37. The third-order valence-electron chi connectivity index (χ3n) is 2.13. The van der Waals surface area contributed by atoms with Crippen molar-refractivity contribution in [3.05, 3.63) is 0 Å². The number of nitrogens with zero attached hydrogens (tertiary/aromatic N) is 1. The van der Waals surface area contributed by atoms with Gasteiger partial charge in [0.25, 0.3) is 0 Å². The minimum atomic E-state index is -5.16. The molecule has 0 aliphatic carbocycles. The number of halogens is 3. The van der Waals surface area contributed by atoms with Gasteiger partial charge >= 0.3 is 18.2 Å². The molecule has 0 radical (unpaired) electrons. The van der Waals surface area contributed by atoms with Crippen LogP contribution in [-0.4, -0.2) is 42.3 Å². The molecule has 1 fully saturated rings. The predicted octanol–water partition coefficient (Wildman–Crippen LogP) is 0.635. The Labute approximate surface area is 89.3 Å². The molecule has 1 saturated heterocycles. The molecular weight excluding hydrogens is 229 g/mol. The van der Waals surface area contributed by atoms with E-state index in [-0.39, 0.29) is 19.1 Å². The van der Waals surface area contributed by atoms with Crippen LogP contribution in [0.3, 0.4) is 0 Å². The summed E-state index contributed by atoms with van der Waals surface area (Å²) in [6, 6.07) is -0.290. The quantitative estimate of drug-likeness (QED) is 0.498. The minimum absolute atomic E-state index is 0.101. The number of piperidine rings is 1. The van der Waals surface area contributed by atoms with Gasteiger partial charge in [-0.05, 0) is 12.8 Å². The summed E-state index contributed by atoms with van der Waals surface area (Å²) in [5, 5.41) is 0. The van der Waals surface area contributed by atoms with E-state index >= 15 is 0 Å². The lowest BCUT2D eigenvalue weighted by molar-refractivity contribution is -0.193. The Morgan fingerprint density at radius 1 is 1.38 bits per heavy atom. The van der Waals surface area contributed by atoms with E-state index in [0.29, 0.717) is 12.8 Å². The van der Waals surface area contributed by atoms with E-state index in [1.54, 1.807) is 0 Å². The number of ether oxygens (including phenoxy) is 1. The van der Waals surface area contributed by atoms with E-state index in [9.17, 15) is 22.8 Å². The first-order chi connectivity index (χ1) is 7.30. The van der Waals surface area contributed by atoms with Crippen molar-refractivity contribution in [1.29, 1.82) is 0 Å². The van der Waals surface area contributed by atoms with Crippen LogP contribution >= 0.6 is 0 Å². The van der Waals surface area contributed by atoms with Gasteiger partial charge in [-0.25, -0.2) is 9.59 Å². The molecule has 0 aromatic carbocycles. The molecule has 0 spiro atoms. The molecule has 0 aromatic heterocycles. The van der Waals surface area contributed by atoms with E-state index in [1.165, 1.54) is 0 Å². The second kappa shape index (κ2) is 4.69. The van der Waals surface area contributed by atoms with Crippen LogP contribution in [0.5, 0.6) is 0 Å². The SMILES string of the molecule is NC1CCCN(C(=O)OC(=O)C(F)(F)F)C1. The summed E-state index contributed by atoms with van der Waals surface area (Å²) in [5.74, 6) is -2.50. The number of alkyl halides is 3. The van der Waals surface area contributed by atoms with E-state index in [2.05, 4.69) is 4.74 Å². The molecule has 5 nitrogen and oxygen atoms in total. The van der Waals surface area contributed by atoms with Crippen molar-refractivity contribution in [2.45, 2.75) is 25.1 Å². The Bertz CT molecular complexity index is 293. The number of carbonyl (C=O) groups excluding carboxylic acids is 2. The van der Waals surface area contributed by atoms with Gasteiger partial charge in [-0.1, -0.05) is 0 Å². The van der Waals surface area contributed by atoms with E-state index in [1.807, 2.05) is 0 Å². The van der Waals surface area contributed by atoms with E-state index < -0.39 is 18.2 Å². The highest BCUT2D eigenvalue weighted by Gasteiger charge is 2.43. The molecule has 8 heteroatoms. The molecule has 1 amide bonds. The molecule has 0 bridgehead atoms. The minimum Gasteiger partial charge on any atom is -0.369 e. The standard InChI is InChI=1S/C8H11F3N2O3/c9-8(10,11)6(14)16-7(15)13-3-1-2-5(12)4-13/h5H,1-4,12H2. The Balaban J connectivity index is 2.49. The van der Waals surface area contributed by atoms with Gasteiger partial charge in [0.15, 0.2) is 0 Å². The summed E-state index contributed by atoms with van der Waals surface area (Å²) in [6.45, 7) is 0.349. The Morgan fingerprint density at radius 3 is 2.50 bits per heavy atom. The van der Waals surface area contributed by atoms with Gasteiger partial charge in [0.05, 0.1) is 0 Å². The predicted molar refractivity (Wildman–Crippen MR) is 46.3 cm³/mol. The zero-order valence-electron chi connectivity index (χ0n) is 8.29. The van der Waals surface area contributed by atoms with Crippen molar-refractivity contribution in [2.75, 3.05) is 13.1 Å². The number of hydrogen-bond donors (Lipinski definition) is 1.